The highest BCUT2D eigenvalue weighted by atomic mass is 32.2. The molecule has 0 aliphatic carbocycles. The highest BCUT2D eigenvalue weighted by molar-refractivity contribution is 7.90. The number of amides is 2. The number of likely N-dealkylation sites (tertiary alicyclic amines) is 1. The van der Waals surface area contributed by atoms with Crippen LogP contribution in [0.25, 0.3) is 0 Å². The second kappa shape index (κ2) is 7.02. The smallest absolute Gasteiger partial charge is 0.269 e. The van der Waals surface area contributed by atoms with Crippen molar-refractivity contribution >= 4 is 21.8 Å². The van der Waals surface area contributed by atoms with E-state index < -0.39 is 28.4 Å². The molecule has 30 heavy (non-hydrogen) atoms. The van der Waals surface area contributed by atoms with Gasteiger partial charge < -0.3 is 14.4 Å². The fourth-order valence-corrected chi connectivity index (χ4v) is 5.80. The minimum absolute atomic E-state index is 0.0485. The average molecular weight is 428 g/mol. The van der Waals surface area contributed by atoms with E-state index in [0.717, 1.165) is 18.4 Å². The molecule has 3 aliphatic rings. The number of benzene rings is 2. The first kappa shape index (κ1) is 18.9. The topological polar surface area (TPSA) is 93.2 Å². The van der Waals surface area contributed by atoms with Gasteiger partial charge in [-0.2, -0.15) is 0 Å². The number of rotatable bonds is 3. The maximum atomic E-state index is 13.1. The second-order valence-corrected chi connectivity index (χ2v) is 9.29. The maximum absolute atomic E-state index is 13.1. The van der Waals surface area contributed by atoms with E-state index in [0.29, 0.717) is 35.6 Å². The molecular weight excluding hydrogens is 408 g/mol. The summed E-state index contributed by atoms with van der Waals surface area (Å²) in [6, 6.07) is 11.4. The molecule has 9 heteroatoms. The number of sulfonamides is 1. The van der Waals surface area contributed by atoms with Crippen LogP contribution in [0.4, 0.5) is 0 Å². The van der Waals surface area contributed by atoms with Gasteiger partial charge in [0.1, 0.15) is 24.7 Å². The van der Waals surface area contributed by atoms with Gasteiger partial charge in [0.2, 0.25) is 5.91 Å². The van der Waals surface area contributed by atoms with Crippen molar-refractivity contribution in [1.82, 2.24) is 9.21 Å². The summed E-state index contributed by atoms with van der Waals surface area (Å²) in [7, 11) is -4.01. The molecule has 0 bridgehead atoms. The second-order valence-electron chi connectivity index (χ2n) is 7.46. The summed E-state index contributed by atoms with van der Waals surface area (Å²) in [6.45, 7) is 0.976. The zero-order valence-corrected chi connectivity index (χ0v) is 16.9. The molecule has 3 aliphatic heterocycles. The standard InChI is InChI=1S/C21H20N2O6S/c24-20(13-23-21(25)15-4-1-2-6-19(15)30(23,26)27)22-9-3-5-16(22)14-7-8-17-18(12-14)29-11-10-28-17/h1-2,4,6-8,12,16H,3,5,9-11,13H2/t16-/m1/s1. The third-order valence-electron chi connectivity index (χ3n) is 5.72. The van der Waals surface area contributed by atoms with Crippen LogP contribution < -0.4 is 9.47 Å². The fraction of sp³-hybridized carbons (Fsp3) is 0.333. The molecule has 0 unspecified atom stereocenters. The third-order valence-corrected chi connectivity index (χ3v) is 7.50. The Hall–Kier alpha value is -3.07. The van der Waals surface area contributed by atoms with E-state index in [2.05, 4.69) is 0 Å². The number of carbonyl (C=O) groups is 2. The van der Waals surface area contributed by atoms with Crippen molar-refractivity contribution in [3.05, 3.63) is 53.6 Å². The van der Waals surface area contributed by atoms with E-state index in [4.69, 9.17) is 9.47 Å². The first-order chi connectivity index (χ1) is 14.5. The van der Waals surface area contributed by atoms with Gasteiger partial charge in [-0.05, 0) is 42.7 Å². The van der Waals surface area contributed by atoms with Gasteiger partial charge in [0.05, 0.1) is 11.6 Å². The number of fused-ring (bicyclic) bond motifs is 2. The molecule has 0 aromatic heterocycles. The number of hydrogen-bond acceptors (Lipinski definition) is 6. The Kier molecular flexibility index (Phi) is 4.43. The lowest BCUT2D eigenvalue weighted by atomic mass is 10.0. The Labute approximate surface area is 174 Å². The predicted molar refractivity (Wildman–Crippen MR) is 106 cm³/mol. The summed E-state index contributed by atoms with van der Waals surface area (Å²) < 4.78 is 37.4. The molecule has 2 aromatic carbocycles. The van der Waals surface area contributed by atoms with Crippen molar-refractivity contribution in [3.8, 4) is 11.5 Å². The number of carbonyl (C=O) groups excluding carboxylic acids is 2. The summed E-state index contributed by atoms with van der Waals surface area (Å²) in [5, 5.41) is 0. The summed E-state index contributed by atoms with van der Waals surface area (Å²) in [6.07, 6.45) is 1.55. The lowest BCUT2D eigenvalue weighted by Crippen LogP contribution is -2.42. The molecule has 0 radical (unpaired) electrons. The molecule has 156 valence electrons. The highest BCUT2D eigenvalue weighted by Crippen LogP contribution is 2.38. The van der Waals surface area contributed by atoms with Gasteiger partial charge in [0.25, 0.3) is 15.9 Å². The SMILES string of the molecule is O=C(CN1C(=O)c2ccccc2S1(=O)=O)N1CCC[C@@H]1c1ccc2c(c1)OCCO2. The molecule has 0 spiro atoms. The molecule has 0 saturated carbocycles. The van der Waals surface area contributed by atoms with Gasteiger partial charge >= 0.3 is 0 Å². The minimum atomic E-state index is -4.01. The fourth-order valence-electron chi connectivity index (χ4n) is 4.28. The van der Waals surface area contributed by atoms with Crippen molar-refractivity contribution in [2.24, 2.45) is 0 Å². The minimum Gasteiger partial charge on any atom is -0.486 e. The van der Waals surface area contributed by atoms with Crippen molar-refractivity contribution in [1.29, 1.82) is 0 Å². The van der Waals surface area contributed by atoms with Crippen LogP contribution in [-0.4, -0.2) is 55.7 Å². The molecule has 2 amide bonds. The Morgan fingerprint density at radius 3 is 2.63 bits per heavy atom. The summed E-state index contributed by atoms with van der Waals surface area (Å²) in [4.78, 5) is 27.3. The Bertz CT molecular complexity index is 1150. The Balaban J connectivity index is 1.38. The molecule has 5 rings (SSSR count). The van der Waals surface area contributed by atoms with Crippen molar-refractivity contribution in [2.45, 2.75) is 23.8 Å². The normalized spacial score (nSPS) is 21.6. The quantitative estimate of drug-likeness (QED) is 0.742. The highest BCUT2D eigenvalue weighted by Gasteiger charge is 2.43. The van der Waals surface area contributed by atoms with Crippen LogP contribution >= 0.6 is 0 Å². The first-order valence-electron chi connectivity index (χ1n) is 9.82. The monoisotopic (exact) mass is 428 g/mol. The average Bonchev–Trinajstić information content (AvgIpc) is 3.32. The first-order valence-corrected chi connectivity index (χ1v) is 11.3. The van der Waals surface area contributed by atoms with E-state index in [9.17, 15) is 18.0 Å². The molecule has 3 heterocycles. The molecule has 8 nitrogen and oxygen atoms in total. The summed E-state index contributed by atoms with van der Waals surface area (Å²) in [5.41, 5.74) is 1.01. The molecular formula is C21H20N2O6S. The van der Waals surface area contributed by atoms with Crippen LogP contribution in [0.15, 0.2) is 47.4 Å². The lowest BCUT2D eigenvalue weighted by Gasteiger charge is -2.28. The van der Waals surface area contributed by atoms with Crippen LogP contribution in [0.3, 0.4) is 0 Å². The van der Waals surface area contributed by atoms with Gasteiger partial charge in [-0.3, -0.25) is 9.59 Å². The Morgan fingerprint density at radius 1 is 1.07 bits per heavy atom. The third kappa shape index (κ3) is 2.92. The number of ether oxygens (including phenoxy) is 2. The Morgan fingerprint density at radius 2 is 1.83 bits per heavy atom. The van der Waals surface area contributed by atoms with Crippen LogP contribution in [-0.2, 0) is 14.8 Å². The van der Waals surface area contributed by atoms with Crippen LogP contribution in [0.2, 0.25) is 0 Å². The lowest BCUT2D eigenvalue weighted by molar-refractivity contribution is -0.132. The van der Waals surface area contributed by atoms with Crippen LogP contribution in [0.1, 0.15) is 34.8 Å². The van der Waals surface area contributed by atoms with E-state index in [1.165, 1.54) is 12.1 Å². The summed E-state index contributed by atoms with van der Waals surface area (Å²) in [5.74, 6) is 0.268. The zero-order valence-electron chi connectivity index (χ0n) is 16.1. The maximum Gasteiger partial charge on any atom is 0.269 e. The van der Waals surface area contributed by atoms with Crippen LogP contribution in [0.5, 0.6) is 11.5 Å². The summed E-state index contributed by atoms with van der Waals surface area (Å²) >= 11 is 0. The van der Waals surface area contributed by atoms with Crippen molar-refractivity contribution < 1.29 is 27.5 Å². The van der Waals surface area contributed by atoms with E-state index in [1.54, 1.807) is 17.0 Å². The molecule has 2 aromatic rings. The van der Waals surface area contributed by atoms with Crippen LogP contribution in [0, 0.1) is 0 Å². The van der Waals surface area contributed by atoms with E-state index in [-0.39, 0.29) is 16.5 Å². The van der Waals surface area contributed by atoms with Crippen molar-refractivity contribution in [2.75, 3.05) is 26.3 Å². The van der Waals surface area contributed by atoms with Gasteiger partial charge in [0.15, 0.2) is 11.5 Å². The van der Waals surface area contributed by atoms with Gasteiger partial charge in [-0.1, -0.05) is 18.2 Å². The van der Waals surface area contributed by atoms with E-state index in [1.807, 2.05) is 18.2 Å². The number of nitrogens with zero attached hydrogens (tertiary/aromatic N) is 2. The van der Waals surface area contributed by atoms with Crippen molar-refractivity contribution in [3.63, 3.8) is 0 Å². The van der Waals surface area contributed by atoms with E-state index >= 15 is 0 Å². The largest absolute Gasteiger partial charge is 0.486 e. The molecule has 0 N–H and O–H groups in total. The van der Waals surface area contributed by atoms with Gasteiger partial charge in [0, 0.05) is 6.54 Å². The molecule has 1 saturated heterocycles. The zero-order chi connectivity index (χ0) is 20.9. The van der Waals surface area contributed by atoms with Gasteiger partial charge in [-0.15, -0.1) is 0 Å². The molecule has 1 atom stereocenters. The number of hydrogen-bond donors (Lipinski definition) is 0. The molecule has 1 fully saturated rings. The predicted octanol–water partition coefficient (Wildman–Crippen LogP) is 1.97. The van der Waals surface area contributed by atoms with Gasteiger partial charge in [-0.25, -0.2) is 12.7 Å².